The first-order valence-electron chi connectivity index (χ1n) is 11.3. The van der Waals surface area contributed by atoms with E-state index in [4.69, 9.17) is 9.47 Å². The van der Waals surface area contributed by atoms with E-state index in [9.17, 15) is 18.0 Å². The largest absolute Gasteiger partial charge is 0.497 e. The Balaban J connectivity index is 1.64. The highest BCUT2D eigenvalue weighted by molar-refractivity contribution is 7.99. The SMILES string of the molecule is COc1ccc(NC(=O)CN2C(=O)[C@@H](C)CSc3ccc(S(=O)(=O)N4CCCC4)cc32)c(OC)c1. The quantitative estimate of drug-likeness (QED) is 0.599. The summed E-state index contributed by atoms with van der Waals surface area (Å²) in [6.07, 6.45) is 1.66. The molecule has 11 heteroatoms. The molecule has 2 heterocycles. The molecule has 0 bridgehead atoms. The lowest BCUT2D eigenvalue weighted by molar-refractivity contribution is -0.123. The molecule has 2 aromatic rings. The van der Waals surface area contributed by atoms with Crippen LogP contribution in [0.1, 0.15) is 19.8 Å². The van der Waals surface area contributed by atoms with E-state index in [2.05, 4.69) is 5.32 Å². The zero-order valence-electron chi connectivity index (χ0n) is 19.9. The minimum atomic E-state index is -3.67. The van der Waals surface area contributed by atoms with Gasteiger partial charge in [-0.3, -0.25) is 9.59 Å². The molecule has 1 saturated heterocycles. The van der Waals surface area contributed by atoms with E-state index in [0.717, 1.165) is 17.7 Å². The first kappa shape index (κ1) is 25.3. The number of ether oxygens (including phenoxy) is 2. The normalized spacial score (nSPS) is 18.7. The summed E-state index contributed by atoms with van der Waals surface area (Å²) in [7, 11) is -0.653. The average Bonchev–Trinajstić information content (AvgIpc) is 3.38. The Morgan fingerprint density at radius 3 is 2.54 bits per heavy atom. The predicted octanol–water partition coefficient (Wildman–Crippen LogP) is 3.20. The molecule has 0 aromatic heterocycles. The summed E-state index contributed by atoms with van der Waals surface area (Å²) in [5.74, 6) is 0.532. The fourth-order valence-electron chi connectivity index (χ4n) is 4.14. The lowest BCUT2D eigenvalue weighted by Crippen LogP contribution is -2.41. The topological polar surface area (TPSA) is 105 Å². The van der Waals surface area contributed by atoms with Gasteiger partial charge in [-0.15, -0.1) is 11.8 Å². The molecule has 1 fully saturated rings. The summed E-state index contributed by atoms with van der Waals surface area (Å²) in [4.78, 5) is 28.6. The number of thioether (sulfide) groups is 1. The molecule has 1 N–H and O–H groups in total. The highest BCUT2D eigenvalue weighted by Crippen LogP contribution is 2.38. The molecule has 0 radical (unpaired) electrons. The van der Waals surface area contributed by atoms with Gasteiger partial charge < -0.3 is 19.7 Å². The summed E-state index contributed by atoms with van der Waals surface area (Å²) in [6, 6.07) is 9.83. The Labute approximate surface area is 209 Å². The number of hydrogen-bond acceptors (Lipinski definition) is 7. The monoisotopic (exact) mass is 519 g/mol. The number of carbonyl (C=O) groups is 2. The van der Waals surface area contributed by atoms with Crippen molar-refractivity contribution in [2.45, 2.75) is 29.6 Å². The number of rotatable bonds is 7. The lowest BCUT2D eigenvalue weighted by atomic mass is 10.1. The molecule has 4 rings (SSSR count). The van der Waals surface area contributed by atoms with Crippen molar-refractivity contribution in [1.82, 2.24) is 4.31 Å². The van der Waals surface area contributed by atoms with Crippen LogP contribution in [0, 0.1) is 5.92 Å². The lowest BCUT2D eigenvalue weighted by Gasteiger charge is -2.25. The van der Waals surface area contributed by atoms with Crippen LogP contribution >= 0.6 is 11.8 Å². The molecule has 188 valence electrons. The summed E-state index contributed by atoms with van der Waals surface area (Å²) < 4.78 is 38.3. The molecule has 2 aliphatic heterocycles. The van der Waals surface area contributed by atoms with E-state index in [0.29, 0.717) is 41.7 Å². The second kappa shape index (κ2) is 10.5. The third-order valence-electron chi connectivity index (χ3n) is 6.08. The standard InChI is InChI=1S/C24H29N3O6S2/c1-16-15-34-22-9-7-18(35(30,31)26-10-4-5-11-26)13-20(22)27(24(16)29)14-23(28)25-19-8-6-17(32-2)12-21(19)33-3/h6-9,12-13,16H,4-5,10-11,14-15H2,1-3H3,(H,25,28)/t16-/m0/s1. The summed E-state index contributed by atoms with van der Waals surface area (Å²) in [6.45, 7) is 2.51. The number of fused-ring (bicyclic) bond motifs is 1. The van der Waals surface area contributed by atoms with Crippen molar-refractivity contribution < 1.29 is 27.5 Å². The molecular weight excluding hydrogens is 490 g/mol. The first-order valence-corrected chi connectivity index (χ1v) is 13.8. The van der Waals surface area contributed by atoms with Gasteiger partial charge >= 0.3 is 0 Å². The number of methoxy groups -OCH3 is 2. The summed E-state index contributed by atoms with van der Waals surface area (Å²) >= 11 is 1.48. The van der Waals surface area contributed by atoms with E-state index in [1.807, 2.05) is 0 Å². The molecule has 9 nitrogen and oxygen atoms in total. The Bertz CT molecular complexity index is 1230. The van der Waals surface area contributed by atoms with Gasteiger partial charge in [0.05, 0.1) is 30.5 Å². The molecule has 0 aliphatic carbocycles. The van der Waals surface area contributed by atoms with Crippen LogP contribution < -0.4 is 19.7 Å². The number of amides is 2. The number of hydrogen-bond donors (Lipinski definition) is 1. The maximum atomic E-state index is 13.3. The second-order valence-corrected chi connectivity index (χ2v) is 11.5. The first-order chi connectivity index (χ1) is 16.7. The number of nitrogens with one attached hydrogen (secondary N) is 1. The zero-order valence-corrected chi connectivity index (χ0v) is 21.6. The van der Waals surface area contributed by atoms with Crippen LogP contribution in [0.4, 0.5) is 11.4 Å². The van der Waals surface area contributed by atoms with Crippen LogP contribution in [0.15, 0.2) is 46.2 Å². The van der Waals surface area contributed by atoms with Gasteiger partial charge in [-0.1, -0.05) is 6.92 Å². The van der Waals surface area contributed by atoms with Crippen molar-refractivity contribution in [2.24, 2.45) is 5.92 Å². The summed E-state index contributed by atoms with van der Waals surface area (Å²) in [5, 5.41) is 2.79. The van der Waals surface area contributed by atoms with Gasteiger partial charge in [0.1, 0.15) is 18.0 Å². The van der Waals surface area contributed by atoms with Crippen molar-refractivity contribution >= 4 is 45.0 Å². The van der Waals surface area contributed by atoms with Gasteiger partial charge in [0.15, 0.2) is 0 Å². The summed E-state index contributed by atoms with van der Waals surface area (Å²) in [5.41, 5.74) is 0.870. The minimum absolute atomic E-state index is 0.128. The van der Waals surface area contributed by atoms with Crippen LogP contribution in [0.2, 0.25) is 0 Å². The van der Waals surface area contributed by atoms with Crippen LogP contribution in [-0.4, -0.2) is 64.1 Å². The van der Waals surface area contributed by atoms with Gasteiger partial charge in [0, 0.05) is 35.7 Å². The van der Waals surface area contributed by atoms with Crippen molar-refractivity contribution in [3.05, 3.63) is 36.4 Å². The van der Waals surface area contributed by atoms with Gasteiger partial charge in [0.25, 0.3) is 0 Å². The van der Waals surface area contributed by atoms with Gasteiger partial charge in [0.2, 0.25) is 21.8 Å². The molecule has 2 aromatic carbocycles. The van der Waals surface area contributed by atoms with E-state index in [-0.39, 0.29) is 23.3 Å². The zero-order chi connectivity index (χ0) is 25.2. The van der Waals surface area contributed by atoms with Crippen molar-refractivity contribution in [1.29, 1.82) is 0 Å². The maximum absolute atomic E-state index is 13.3. The van der Waals surface area contributed by atoms with E-state index < -0.39 is 15.9 Å². The third-order valence-corrected chi connectivity index (χ3v) is 9.30. The highest BCUT2D eigenvalue weighted by Gasteiger charge is 2.33. The Morgan fingerprint density at radius 1 is 1.11 bits per heavy atom. The Morgan fingerprint density at radius 2 is 1.86 bits per heavy atom. The van der Waals surface area contributed by atoms with Crippen LogP contribution in [-0.2, 0) is 19.6 Å². The Hall–Kier alpha value is -2.76. The molecule has 2 amide bonds. The molecule has 0 unspecified atom stereocenters. The van der Waals surface area contributed by atoms with Crippen LogP contribution in [0.5, 0.6) is 11.5 Å². The highest BCUT2D eigenvalue weighted by atomic mass is 32.2. The number of nitrogens with zero attached hydrogens (tertiary/aromatic N) is 2. The molecule has 1 atom stereocenters. The van der Waals surface area contributed by atoms with Crippen molar-refractivity contribution in [3.8, 4) is 11.5 Å². The molecule has 2 aliphatic rings. The van der Waals surface area contributed by atoms with E-state index in [1.54, 1.807) is 37.3 Å². The van der Waals surface area contributed by atoms with Crippen LogP contribution in [0.25, 0.3) is 0 Å². The molecule has 0 saturated carbocycles. The average molecular weight is 520 g/mol. The fraction of sp³-hybridized carbons (Fsp3) is 0.417. The number of anilines is 2. The maximum Gasteiger partial charge on any atom is 0.244 e. The Kier molecular flexibility index (Phi) is 7.58. The van der Waals surface area contributed by atoms with Crippen molar-refractivity contribution in [3.63, 3.8) is 0 Å². The fourth-order valence-corrected chi connectivity index (χ4v) is 6.73. The van der Waals surface area contributed by atoms with Crippen molar-refractivity contribution in [2.75, 3.05) is 49.8 Å². The second-order valence-electron chi connectivity index (χ2n) is 8.49. The van der Waals surface area contributed by atoms with Crippen LogP contribution in [0.3, 0.4) is 0 Å². The third kappa shape index (κ3) is 5.26. The molecule has 0 spiro atoms. The smallest absolute Gasteiger partial charge is 0.244 e. The van der Waals surface area contributed by atoms with E-state index >= 15 is 0 Å². The van der Waals surface area contributed by atoms with Gasteiger partial charge in [-0.05, 0) is 43.2 Å². The minimum Gasteiger partial charge on any atom is -0.497 e. The van der Waals surface area contributed by atoms with E-state index in [1.165, 1.54) is 41.3 Å². The van der Waals surface area contributed by atoms with Gasteiger partial charge in [-0.2, -0.15) is 4.31 Å². The molecular formula is C24H29N3O6S2. The number of carbonyl (C=O) groups excluding carboxylic acids is 2. The predicted molar refractivity (Wildman–Crippen MR) is 135 cm³/mol. The molecule has 35 heavy (non-hydrogen) atoms. The number of sulfonamides is 1. The van der Waals surface area contributed by atoms with Gasteiger partial charge in [-0.25, -0.2) is 8.42 Å². The number of benzene rings is 2.